The highest BCUT2D eigenvalue weighted by Crippen LogP contribution is 2.42. The van der Waals surface area contributed by atoms with Crippen LogP contribution in [0.4, 0.5) is 14.9 Å². The van der Waals surface area contributed by atoms with Gasteiger partial charge >= 0.3 is 12.1 Å². The number of hydrogen-bond acceptors (Lipinski definition) is 9. The molecule has 0 bridgehead atoms. The second-order valence-corrected chi connectivity index (χ2v) is 16.0. The number of fused-ring (bicyclic) bond motifs is 1. The Kier molecular flexibility index (Phi) is 12.1. The summed E-state index contributed by atoms with van der Waals surface area (Å²) >= 11 is 0. The zero-order valence-electron chi connectivity index (χ0n) is 30.8. The lowest BCUT2D eigenvalue weighted by Gasteiger charge is -2.38. The zero-order chi connectivity index (χ0) is 37.0. The Morgan fingerprint density at radius 3 is 2.37 bits per heavy atom. The highest BCUT2D eigenvalue weighted by molar-refractivity contribution is 6.00. The number of carbonyl (C=O) groups is 4. The number of nitrogens with one attached hydrogen (secondary N) is 2. The molecule has 286 valence electrons. The first-order chi connectivity index (χ1) is 24.9. The summed E-state index contributed by atoms with van der Waals surface area (Å²) in [6.07, 6.45) is 6.66. The van der Waals surface area contributed by atoms with Crippen LogP contribution in [-0.4, -0.2) is 92.2 Å². The number of carbonyl (C=O) groups excluding carboxylic acids is 4. The minimum Gasteiger partial charge on any atom is -0.454 e. The smallest absolute Gasteiger partial charge is 0.407 e. The molecule has 4 fully saturated rings. The van der Waals surface area contributed by atoms with E-state index in [2.05, 4.69) is 10.6 Å². The lowest BCUT2D eigenvalue weighted by atomic mass is 9.75. The second-order valence-electron chi connectivity index (χ2n) is 16.0. The summed E-state index contributed by atoms with van der Waals surface area (Å²) in [4.78, 5) is 55.4. The van der Waals surface area contributed by atoms with E-state index in [1.165, 1.54) is 0 Å². The van der Waals surface area contributed by atoms with E-state index < -0.39 is 36.4 Å². The van der Waals surface area contributed by atoms with Crippen molar-refractivity contribution in [1.29, 1.82) is 0 Å². The molecule has 4 aliphatic rings. The molecule has 3 heterocycles. The number of likely N-dealkylation sites (tertiary alicyclic amines) is 1. The van der Waals surface area contributed by atoms with Crippen LogP contribution in [0.25, 0.3) is 11.0 Å². The van der Waals surface area contributed by atoms with Crippen molar-refractivity contribution in [2.45, 2.75) is 115 Å². The van der Waals surface area contributed by atoms with Crippen molar-refractivity contribution < 1.29 is 46.9 Å². The topological polar surface area (TPSA) is 146 Å². The van der Waals surface area contributed by atoms with Crippen LogP contribution in [0.15, 0.2) is 28.7 Å². The first kappa shape index (κ1) is 38.0. The van der Waals surface area contributed by atoms with Gasteiger partial charge < -0.3 is 38.9 Å². The lowest BCUT2D eigenvalue weighted by Crippen LogP contribution is -2.50. The number of esters is 1. The average Bonchev–Trinajstić information content (AvgIpc) is 3.90. The van der Waals surface area contributed by atoms with Gasteiger partial charge in [0.15, 0.2) is 0 Å². The van der Waals surface area contributed by atoms with Crippen molar-refractivity contribution in [3.05, 3.63) is 30.0 Å². The van der Waals surface area contributed by atoms with E-state index in [1.54, 1.807) is 57.0 Å². The van der Waals surface area contributed by atoms with Crippen LogP contribution in [0.3, 0.4) is 0 Å². The predicted octanol–water partition coefficient (Wildman–Crippen LogP) is 6.41. The molecular formula is C39H54FN3O9. The third-order valence-corrected chi connectivity index (χ3v) is 11.4. The van der Waals surface area contributed by atoms with E-state index in [1.807, 2.05) is 0 Å². The van der Waals surface area contributed by atoms with Gasteiger partial charge in [-0.05, 0) is 121 Å². The fraction of sp³-hybridized carbons (Fsp3) is 0.692. The maximum Gasteiger partial charge on any atom is 0.407 e. The zero-order valence-corrected chi connectivity index (χ0v) is 30.8. The van der Waals surface area contributed by atoms with E-state index in [0.29, 0.717) is 68.5 Å². The van der Waals surface area contributed by atoms with Crippen molar-refractivity contribution in [2.75, 3.05) is 38.9 Å². The number of alkyl carbamates (subject to hydrolysis) is 1. The van der Waals surface area contributed by atoms with Crippen molar-refractivity contribution in [3.63, 3.8) is 0 Å². The molecule has 0 spiro atoms. The number of nitrogens with zero attached hydrogens (tertiary/aromatic N) is 1. The maximum absolute atomic E-state index is 14.3. The Hall–Kier alpha value is -3.71. The number of furan rings is 1. The van der Waals surface area contributed by atoms with Crippen LogP contribution < -0.4 is 10.6 Å². The molecule has 13 heteroatoms. The van der Waals surface area contributed by atoms with Crippen LogP contribution in [0.2, 0.25) is 0 Å². The van der Waals surface area contributed by atoms with Gasteiger partial charge in [0.05, 0.1) is 25.4 Å². The molecule has 2 saturated carbocycles. The minimum absolute atomic E-state index is 0.00522. The maximum atomic E-state index is 14.3. The molecule has 1 aromatic heterocycles. The monoisotopic (exact) mass is 727 g/mol. The molecule has 4 atom stereocenters. The molecule has 2 aliphatic carbocycles. The van der Waals surface area contributed by atoms with E-state index >= 15 is 0 Å². The Bertz CT molecular complexity index is 1570. The normalized spacial score (nSPS) is 28.7. The molecular weight excluding hydrogens is 673 g/mol. The van der Waals surface area contributed by atoms with Crippen LogP contribution in [0.5, 0.6) is 0 Å². The van der Waals surface area contributed by atoms with E-state index in [-0.39, 0.29) is 53.5 Å². The van der Waals surface area contributed by atoms with Gasteiger partial charge in [-0.3, -0.25) is 9.59 Å². The standard InChI is InChI=1S/C39H54FN3O9/c1-39(2,3)52-38(47)42-31(21-40)24-5-7-25(8-6-24)36(45)43-17-15-30(23-9-12-28(48-4)13-10-23)34(43)35(44)41-27-11-14-32-26(19-27)20-33(51-32)37(46)50-29-16-18-49-22-29/h11,14,19-20,23-25,28-31,34H,5-10,12-13,15-18,21-22H2,1-4H3,(H,41,44)(H,42,47)/t23?,24?,25?,28?,29?,30-,31+,34-/m0/s1. The summed E-state index contributed by atoms with van der Waals surface area (Å²) in [6.45, 7) is 5.99. The van der Waals surface area contributed by atoms with Crippen molar-refractivity contribution in [3.8, 4) is 0 Å². The van der Waals surface area contributed by atoms with Gasteiger partial charge in [-0.1, -0.05) is 0 Å². The number of alkyl halides is 1. The van der Waals surface area contributed by atoms with Gasteiger partial charge in [-0.15, -0.1) is 0 Å². The molecule has 2 N–H and O–H groups in total. The summed E-state index contributed by atoms with van der Waals surface area (Å²) in [6, 6.07) is 5.50. The summed E-state index contributed by atoms with van der Waals surface area (Å²) in [5, 5.41) is 6.42. The van der Waals surface area contributed by atoms with Crippen molar-refractivity contribution in [1.82, 2.24) is 10.2 Å². The summed E-state index contributed by atoms with van der Waals surface area (Å²) in [5.41, 5.74) is 0.341. The number of rotatable bonds is 10. The van der Waals surface area contributed by atoms with Gasteiger partial charge in [0, 0.05) is 37.1 Å². The largest absolute Gasteiger partial charge is 0.454 e. The quantitative estimate of drug-likeness (QED) is 0.265. The lowest BCUT2D eigenvalue weighted by molar-refractivity contribution is -0.142. The summed E-state index contributed by atoms with van der Waals surface area (Å²) in [7, 11) is 1.74. The van der Waals surface area contributed by atoms with E-state index in [9.17, 15) is 23.6 Å². The minimum atomic E-state index is -0.713. The first-order valence-corrected chi connectivity index (χ1v) is 18.9. The number of amides is 3. The van der Waals surface area contributed by atoms with Gasteiger partial charge in [-0.2, -0.15) is 0 Å². The Labute approximate surface area is 304 Å². The number of methoxy groups -OCH3 is 1. The molecule has 2 aromatic rings. The van der Waals surface area contributed by atoms with Gasteiger partial charge in [0.2, 0.25) is 17.6 Å². The summed E-state index contributed by atoms with van der Waals surface area (Å²) in [5.74, 6) is -0.853. The fourth-order valence-electron chi connectivity index (χ4n) is 8.64. The van der Waals surface area contributed by atoms with Crippen LogP contribution in [0.1, 0.15) is 95.5 Å². The Balaban J connectivity index is 1.13. The average molecular weight is 728 g/mol. The summed E-state index contributed by atoms with van der Waals surface area (Å²) < 4.78 is 41.6. The highest BCUT2D eigenvalue weighted by atomic mass is 19.1. The Morgan fingerprint density at radius 1 is 0.962 bits per heavy atom. The van der Waals surface area contributed by atoms with Gasteiger partial charge in [-0.25, -0.2) is 14.0 Å². The molecule has 2 saturated heterocycles. The van der Waals surface area contributed by atoms with Gasteiger partial charge in [0.25, 0.3) is 0 Å². The van der Waals surface area contributed by atoms with Gasteiger partial charge in [0.1, 0.15) is 30.0 Å². The number of benzene rings is 1. The van der Waals surface area contributed by atoms with E-state index in [4.69, 9.17) is 23.4 Å². The predicted molar refractivity (Wildman–Crippen MR) is 190 cm³/mol. The fourth-order valence-corrected chi connectivity index (χ4v) is 8.64. The first-order valence-electron chi connectivity index (χ1n) is 18.9. The number of hydrogen-bond donors (Lipinski definition) is 2. The van der Waals surface area contributed by atoms with Crippen LogP contribution >= 0.6 is 0 Å². The molecule has 12 nitrogen and oxygen atoms in total. The third kappa shape index (κ3) is 9.07. The highest BCUT2D eigenvalue weighted by Gasteiger charge is 2.47. The number of halogens is 1. The molecule has 0 radical (unpaired) electrons. The molecule has 52 heavy (non-hydrogen) atoms. The molecule has 1 unspecified atom stereocenters. The molecule has 2 aliphatic heterocycles. The molecule has 1 aromatic carbocycles. The van der Waals surface area contributed by atoms with E-state index in [0.717, 1.165) is 32.1 Å². The second kappa shape index (κ2) is 16.5. The van der Waals surface area contributed by atoms with Crippen molar-refractivity contribution >= 4 is 40.5 Å². The Morgan fingerprint density at radius 2 is 1.71 bits per heavy atom. The van der Waals surface area contributed by atoms with Crippen LogP contribution in [0, 0.1) is 23.7 Å². The molecule has 3 amide bonds. The number of ether oxygens (including phenoxy) is 4. The molecule has 6 rings (SSSR count). The SMILES string of the molecule is COC1CCC([C@@H]2CCN(C(=O)C3CCC([C@@H](CF)NC(=O)OC(C)(C)C)CC3)[C@@H]2C(=O)Nc2ccc3oc(C(=O)OC4CCOC4)cc3c2)CC1. The third-order valence-electron chi connectivity index (χ3n) is 11.4. The van der Waals surface area contributed by atoms with Crippen LogP contribution in [-0.2, 0) is 28.5 Å². The van der Waals surface area contributed by atoms with Crippen molar-refractivity contribution in [2.24, 2.45) is 23.7 Å². The number of anilines is 1.